The van der Waals surface area contributed by atoms with E-state index in [1.807, 2.05) is 22.6 Å². The van der Waals surface area contributed by atoms with Gasteiger partial charge in [-0.1, -0.05) is 15.9 Å². The molecule has 1 fully saturated rings. The topological polar surface area (TPSA) is 78.4 Å². The van der Waals surface area contributed by atoms with E-state index in [9.17, 15) is 14.7 Å². The molecular weight excluding hydrogens is 403 g/mol. The van der Waals surface area contributed by atoms with Gasteiger partial charge in [-0.05, 0) is 40.8 Å². The summed E-state index contributed by atoms with van der Waals surface area (Å²) in [6, 6.07) is 2.83. The molecule has 0 saturated carbocycles. The first-order valence-electron chi connectivity index (χ1n) is 4.49. The van der Waals surface area contributed by atoms with E-state index in [2.05, 4.69) is 26.6 Å². The molecule has 7 heteroatoms. The second kappa shape index (κ2) is 4.65. The number of halogens is 2. The number of benzene rings is 1. The van der Waals surface area contributed by atoms with Gasteiger partial charge in [-0.15, -0.1) is 0 Å². The molecule has 0 atom stereocenters. The molecule has 0 aromatic heterocycles. The van der Waals surface area contributed by atoms with Gasteiger partial charge in [-0.25, -0.2) is 4.79 Å². The van der Waals surface area contributed by atoms with Crippen LogP contribution in [-0.2, 0) is 4.79 Å². The van der Waals surface area contributed by atoms with Crippen molar-refractivity contribution in [2.24, 2.45) is 0 Å². The van der Waals surface area contributed by atoms with Gasteiger partial charge in [0, 0.05) is 10.0 Å². The summed E-state index contributed by atoms with van der Waals surface area (Å²) >= 11 is 5.26. The molecule has 88 valence electrons. The third kappa shape index (κ3) is 2.60. The zero-order chi connectivity index (χ0) is 12.6. The fraction of sp³-hybridized carbons (Fsp3) is 0. The van der Waals surface area contributed by atoms with Crippen LogP contribution in [0.5, 0.6) is 5.75 Å². The molecule has 1 saturated heterocycles. The van der Waals surface area contributed by atoms with Crippen molar-refractivity contribution < 1.29 is 14.7 Å². The predicted molar refractivity (Wildman–Crippen MR) is 73.2 cm³/mol. The largest absolute Gasteiger partial charge is 0.506 e. The molecule has 0 bridgehead atoms. The fourth-order valence-corrected chi connectivity index (χ4v) is 2.88. The number of nitrogens with one attached hydrogen (secondary N) is 2. The normalized spacial score (nSPS) is 17.2. The first-order chi connectivity index (χ1) is 7.97. The zero-order valence-corrected chi connectivity index (χ0v) is 12.0. The molecule has 1 aliphatic heterocycles. The predicted octanol–water partition coefficient (Wildman–Crippen LogP) is 1.94. The second-order valence-corrected chi connectivity index (χ2v) is 5.37. The summed E-state index contributed by atoms with van der Waals surface area (Å²) < 4.78 is 1.42. The third-order valence-corrected chi connectivity index (χ3v) is 3.36. The first kappa shape index (κ1) is 12.4. The zero-order valence-electron chi connectivity index (χ0n) is 8.25. The number of hydrogen-bond acceptors (Lipinski definition) is 3. The van der Waals surface area contributed by atoms with Gasteiger partial charge < -0.3 is 10.4 Å². The smallest absolute Gasteiger partial charge is 0.326 e. The van der Waals surface area contributed by atoms with Gasteiger partial charge in [0.05, 0.1) is 3.57 Å². The summed E-state index contributed by atoms with van der Waals surface area (Å²) in [5.41, 5.74) is 0.565. The highest BCUT2D eigenvalue weighted by atomic mass is 127. The summed E-state index contributed by atoms with van der Waals surface area (Å²) in [7, 11) is 0. The van der Waals surface area contributed by atoms with Crippen molar-refractivity contribution in [1.82, 2.24) is 10.6 Å². The Morgan fingerprint density at radius 1 is 1.29 bits per heavy atom. The van der Waals surface area contributed by atoms with Crippen LogP contribution in [0.15, 0.2) is 22.3 Å². The number of phenolic OH excluding ortho intramolecular Hbond substituents is 1. The standard InChI is InChI=1S/C10H6BrIN2O3/c11-5-1-4(8(15)6(12)3-5)2-7-9(16)14-10(17)13-7/h1-3,15H,(H2,13,14,16,17)/b7-2-. The monoisotopic (exact) mass is 408 g/mol. The summed E-state index contributed by atoms with van der Waals surface area (Å²) in [4.78, 5) is 22.2. The Hall–Kier alpha value is -1.09. The number of rotatable bonds is 1. The van der Waals surface area contributed by atoms with Crippen LogP contribution in [0.4, 0.5) is 4.79 Å². The minimum atomic E-state index is -0.564. The highest BCUT2D eigenvalue weighted by molar-refractivity contribution is 14.1. The molecule has 1 aromatic carbocycles. The van der Waals surface area contributed by atoms with E-state index in [1.54, 1.807) is 12.1 Å². The van der Waals surface area contributed by atoms with Crippen LogP contribution in [-0.4, -0.2) is 17.0 Å². The number of urea groups is 1. The Balaban J connectivity index is 2.46. The average Bonchev–Trinajstić information content (AvgIpc) is 2.53. The quantitative estimate of drug-likeness (QED) is 0.377. The molecule has 17 heavy (non-hydrogen) atoms. The minimum Gasteiger partial charge on any atom is -0.506 e. The number of amides is 3. The molecular formula is C10H6BrIN2O3. The summed E-state index contributed by atoms with van der Waals surface area (Å²) in [5.74, 6) is -0.445. The summed E-state index contributed by atoms with van der Waals surface area (Å²) in [6.07, 6.45) is 1.42. The Morgan fingerprint density at radius 2 is 2.00 bits per heavy atom. The fourth-order valence-electron chi connectivity index (χ4n) is 1.33. The van der Waals surface area contributed by atoms with E-state index in [-0.39, 0.29) is 11.4 Å². The Bertz CT molecular complexity index is 557. The van der Waals surface area contributed by atoms with Crippen molar-refractivity contribution in [3.05, 3.63) is 31.4 Å². The van der Waals surface area contributed by atoms with Gasteiger partial charge in [0.2, 0.25) is 0 Å². The van der Waals surface area contributed by atoms with Crippen molar-refractivity contribution in [3.63, 3.8) is 0 Å². The molecule has 2 rings (SSSR count). The molecule has 1 aliphatic rings. The maximum atomic E-state index is 11.3. The van der Waals surface area contributed by atoms with Crippen LogP contribution in [0.3, 0.4) is 0 Å². The van der Waals surface area contributed by atoms with Crippen LogP contribution in [0.2, 0.25) is 0 Å². The van der Waals surface area contributed by atoms with Crippen LogP contribution in [0.25, 0.3) is 6.08 Å². The Labute approximate surface area is 119 Å². The lowest BCUT2D eigenvalue weighted by atomic mass is 10.1. The maximum absolute atomic E-state index is 11.3. The van der Waals surface area contributed by atoms with Crippen molar-refractivity contribution in [1.29, 1.82) is 0 Å². The van der Waals surface area contributed by atoms with Gasteiger partial charge in [-0.2, -0.15) is 0 Å². The SMILES string of the molecule is O=C1NC(=O)/C(=C/c2cc(Br)cc(I)c2O)N1. The number of imide groups is 1. The molecule has 5 nitrogen and oxygen atoms in total. The van der Waals surface area contributed by atoms with Gasteiger partial charge in [0.25, 0.3) is 5.91 Å². The lowest BCUT2D eigenvalue weighted by molar-refractivity contribution is -0.115. The Morgan fingerprint density at radius 3 is 2.59 bits per heavy atom. The van der Waals surface area contributed by atoms with Gasteiger partial charge in [0.1, 0.15) is 11.4 Å². The molecule has 0 aliphatic carbocycles. The lowest BCUT2D eigenvalue weighted by Crippen LogP contribution is -2.22. The molecule has 1 heterocycles. The molecule has 3 amide bonds. The van der Waals surface area contributed by atoms with Crippen molar-refractivity contribution in [2.75, 3.05) is 0 Å². The summed E-state index contributed by atoms with van der Waals surface area (Å²) in [6.45, 7) is 0. The van der Waals surface area contributed by atoms with Crippen LogP contribution in [0.1, 0.15) is 5.56 Å². The third-order valence-electron chi connectivity index (χ3n) is 2.08. The van der Waals surface area contributed by atoms with E-state index in [4.69, 9.17) is 0 Å². The van der Waals surface area contributed by atoms with Gasteiger partial charge >= 0.3 is 6.03 Å². The van der Waals surface area contributed by atoms with Gasteiger partial charge in [0.15, 0.2) is 0 Å². The van der Waals surface area contributed by atoms with E-state index in [1.165, 1.54) is 6.08 Å². The maximum Gasteiger partial charge on any atom is 0.326 e. The molecule has 0 radical (unpaired) electrons. The number of hydrogen-bond donors (Lipinski definition) is 3. The number of carbonyl (C=O) groups is 2. The van der Waals surface area contributed by atoms with Crippen LogP contribution in [0, 0.1) is 3.57 Å². The Kier molecular flexibility index (Phi) is 3.38. The van der Waals surface area contributed by atoms with Crippen LogP contribution >= 0.6 is 38.5 Å². The highest BCUT2D eigenvalue weighted by Gasteiger charge is 2.23. The van der Waals surface area contributed by atoms with E-state index >= 15 is 0 Å². The average molecular weight is 409 g/mol. The van der Waals surface area contributed by atoms with Gasteiger partial charge in [-0.3, -0.25) is 10.1 Å². The van der Waals surface area contributed by atoms with E-state index in [0.29, 0.717) is 9.13 Å². The molecule has 0 unspecified atom stereocenters. The van der Waals surface area contributed by atoms with Crippen molar-refractivity contribution >= 4 is 56.5 Å². The lowest BCUT2D eigenvalue weighted by Gasteiger charge is -2.04. The first-order valence-corrected chi connectivity index (χ1v) is 6.36. The molecule has 0 spiro atoms. The van der Waals surface area contributed by atoms with Crippen molar-refractivity contribution in [3.8, 4) is 5.75 Å². The minimum absolute atomic E-state index is 0.0650. The van der Waals surface area contributed by atoms with Crippen molar-refractivity contribution in [2.45, 2.75) is 0 Å². The number of phenols is 1. The van der Waals surface area contributed by atoms with E-state index < -0.39 is 11.9 Å². The molecule has 1 aromatic rings. The van der Waals surface area contributed by atoms with E-state index in [0.717, 1.165) is 4.47 Å². The second-order valence-electron chi connectivity index (χ2n) is 3.29. The highest BCUT2D eigenvalue weighted by Crippen LogP contribution is 2.30. The summed E-state index contributed by atoms with van der Waals surface area (Å²) in [5, 5.41) is 14.3. The number of aromatic hydroxyl groups is 1. The molecule has 3 N–H and O–H groups in total. The van der Waals surface area contributed by atoms with Crippen LogP contribution < -0.4 is 10.6 Å². The number of carbonyl (C=O) groups excluding carboxylic acids is 2.